The van der Waals surface area contributed by atoms with Crippen LogP contribution in [-0.2, 0) is 6.42 Å². The molecule has 0 bridgehead atoms. The van der Waals surface area contributed by atoms with E-state index in [2.05, 4.69) is 78.4 Å². The first kappa shape index (κ1) is 23.7. The average molecular weight is 490 g/mol. The van der Waals surface area contributed by atoms with Crippen LogP contribution in [0.1, 0.15) is 25.3 Å². The zero-order valence-electron chi connectivity index (χ0n) is 18.7. The smallest absolute Gasteiger partial charge is 0.0654 e. The van der Waals surface area contributed by atoms with Gasteiger partial charge < -0.3 is 9.80 Å². The maximum absolute atomic E-state index is 6.66. The molecule has 4 unspecified atom stereocenters. The number of piperidine rings is 1. The van der Waals surface area contributed by atoms with Gasteiger partial charge in [-0.2, -0.15) is 0 Å². The quantitative estimate of drug-likeness (QED) is 0.416. The van der Waals surface area contributed by atoms with Crippen molar-refractivity contribution in [2.24, 2.45) is 11.8 Å². The summed E-state index contributed by atoms with van der Waals surface area (Å²) in [4.78, 5) is 5.04. The maximum Gasteiger partial charge on any atom is 0.0654 e. The molecule has 1 saturated heterocycles. The van der Waals surface area contributed by atoms with E-state index in [0.29, 0.717) is 28.9 Å². The highest BCUT2D eigenvalue weighted by Crippen LogP contribution is 2.40. The second-order valence-electron chi connectivity index (χ2n) is 9.10. The van der Waals surface area contributed by atoms with Crippen molar-refractivity contribution >= 4 is 40.5 Å². The lowest BCUT2D eigenvalue weighted by molar-refractivity contribution is 0.172. The highest BCUT2D eigenvalue weighted by Gasteiger charge is 2.37. The number of anilines is 1. The highest BCUT2D eigenvalue weighted by atomic mass is 35.5. The Morgan fingerprint density at radius 2 is 1.84 bits per heavy atom. The minimum absolute atomic E-state index is 0.346. The van der Waals surface area contributed by atoms with E-state index in [9.17, 15) is 0 Å². The van der Waals surface area contributed by atoms with Crippen molar-refractivity contribution in [2.75, 3.05) is 25.0 Å². The third-order valence-electron chi connectivity index (χ3n) is 7.01. The molecule has 0 saturated carbocycles. The van der Waals surface area contributed by atoms with Crippen LogP contribution in [0.25, 0.3) is 0 Å². The Labute approximate surface area is 207 Å². The molecule has 1 aliphatic heterocycles. The molecule has 0 N–H and O–H groups in total. The van der Waals surface area contributed by atoms with E-state index in [1.807, 2.05) is 12.1 Å². The predicted molar refractivity (Wildman–Crippen MR) is 139 cm³/mol. The van der Waals surface area contributed by atoms with Gasteiger partial charge in [0.1, 0.15) is 0 Å². The molecule has 0 amide bonds. The Kier molecular flexibility index (Phi) is 7.89. The van der Waals surface area contributed by atoms with Gasteiger partial charge in [-0.25, -0.2) is 0 Å². The lowest BCUT2D eigenvalue weighted by atomic mass is 9.78. The monoisotopic (exact) mass is 488 g/mol. The summed E-state index contributed by atoms with van der Waals surface area (Å²) in [5.74, 6) is 0.758. The first-order valence-corrected chi connectivity index (χ1v) is 12.6. The van der Waals surface area contributed by atoms with Crippen molar-refractivity contribution < 1.29 is 0 Å². The van der Waals surface area contributed by atoms with E-state index in [1.54, 1.807) is 0 Å². The van der Waals surface area contributed by atoms with Crippen molar-refractivity contribution in [3.05, 3.63) is 87.4 Å². The number of benzene rings is 2. The molecule has 1 heterocycles. The van der Waals surface area contributed by atoms with Crippen LogP contribution < -0.4 is 4.90 Å². The Balaban J connectivity index is 1.54. The fourth-order valence-electron chi connectivity index (χ4n) is 5.16. The van der Waals surface area contributed by atoms with E-state index in [-0.39, 0.29) is 0 Å². The van der Waals surface area contributed by atoms with Crippen LogP contribution in [0.15, 0.2) is 71.8 Å². The van der Waals surface area contributed by atoms with Crippen LogP contribution in [0.5, 0.6) is 0 Å². The molecular weight excluding hydrogens is 459 g/mol. The van der Waals surface area contributed by atoms with Crippen LogP contribution in [0.2, 0.25) is 10.0 Å². The average Bonchev–Trinajstić information content (AvgIpc) is 2.78. The van der Waals surface area contributed by atoms with Crippen molar-refractivity contribution in [2.45, 2.75) is 38.3 Å². The van der Waals surface area contributed by atoms with Crippen molar-refractivity contribution in [1.29, 1.82) is 0 Å². The van der Waals surface area contributed by atoms with Crippen LogP contribution in [0.4, 0.5) is 5.69 Å². The first-order valence-electron chi connectivity index (χ1n) is 11.4. The fourth-order valence-corrected chi connectivity index (χ4v) is 5.95. The van der Waals surface area contributed by atoms with Gasteiger partial charge in [-0.3, -0.25) is 0 Å². The minimum atomic E-state index is 0.346. The molecule has 0 spiro atoms. The van der Waals surface area contributed by atoms with E-state index in [0.717, 1.165) is 48.1 Å². The Morgan fingerprint density at radius 3 is 2.56 bits per heavy atom. The molecule has 4 rings (SSSR count). The maximum atomic E-state index is 6.66. The topological polar surface area (TPSA) is 6.48 Å². The van der Waals surface area contributed by atoms with Gasteiger partial charge in [-0.05, 0) is 62.1 Å². The van der Waals surface area contributed by atoms with Crippen LogP contribution in [-0.4, -0.2) is 37.1 Å². The van der Waals surface area contributed by atoms with Gasteiger partial charge in [-0.1, -0.05) is 84.2 Å². The molecule has 2 aliphatic rings. The fraction of sp³-hybridized carbons (Fsp3) is 0.407. The van der Waals surface area contributed by atoms with Gasteiger partial charge in [0.15, 0.2) is 0 Å². The Bertz CT molecular complexity index is 972. The summed E-state index contributed by atoms with van der Waals surface area (Å²) in [5, 5.41) is 2.23. The van der Waals surface area contributed by atoms with E-state index < -0.39 is 0 Å². The third kappa shape index (κ3) is 5.54. The normalized spacial score (nSPS) is 25.8. The number of allylic oxidation sites excluding steroid dienone is 3. The molecule has 170 valence electrons. The zero-order valence-corrected chi connectivity index (χ0v) is 21.0. The molecule has 0 radical (unpaired) electrons. The van der Waals surface area contributed by atoms with Gasteiger partial charge in [0.05, 0.1) is 10.7 Å². The second kappa shape index (κ2) is 10.7. The Hall–Kier alpha value is -1.45. The molecule has 2 nitrogen and oxygen atoms in total. The lowest BCUT2D eigenvalue weighted by Crippen LogP contribution is -2.53. The summed E-state index contributed by atoms with van der Waals surface area (Å²) < 4.78 is 0. The summed E-state index contributed by atoms with van der Waals surface area (Å²) >= 11 is 19.1. The minimum Gasteiger partial charge on any atom is -0.367 e. The predicted octanol–water partition coefficient (Wildman–Crippen LogP) is 7.45. The molecule has 2 aromatic carbocycles. The van der Waals surface area contributed by atoms with Crippen molar-refractivity contribution in [3.63, 3.8) is 0 Å². The Morgan fingerprint density at radius 1 is 1.06 bits per heavy atom. The van der Waals surface area contributed by atoms with Crippen molar-refractivity contribution in [3.8, 4) is 0 Å². The number of halogens is 3. The van der Waals surface area contributed by atoms with Crippen molar-refractivity contribution in [1.82, 2.24) is 4.90 Å². The number of likely N-dealkylation sites (N-methyl/N-ethyl adjacent to an activating group) is 1. The molecule has 0 aromatic heterocycles. The van der Waals surface area contributed by atoms with Gasteiger partial charge in [0.25, 0.3) is 0 Å². The molecule has 1 aliphatic carbocycles. The van der Waals surface area contributed by atoms with Gasteiger partial charge in [-0.15, -0.1) is 0 Å². The summed E-state index contributed by atoms with van der Waals surface area (Å²) in [6.45, 7) is 4.30. The molecule has 1 fully saturated rings. The van der Waals surface area contributed by atoms with Gasteiger partial charge >= 0.3 is 0 Å². The van der Waals surface area contributed by atoms with Crippen LogP contribution in [0, 0.1) is 11.8 Å². The van der Waals surface area contributed by atoms with Crippen LogP contribution in [0.3, 0.4) is 0 Å². The highest BCUT2D eigenvalue weighted by molar-refractivity contribution is 6.36. The largest absolute Gasteiger partial charge is 0.367 e. The number of hydrogen-bond donors (Lipinski definition) is 0. The van der Waals surface area contributed by atoms with Crippen LogP contribution >= 0.6 is 34.8 Å². The summed E-state index contributed by atoms with van der Waals surface area (Å²) in [7, 11) is 2.27. The zero-order chi connectivity index (χ0) is 22.7. The standard InChI is InChI=1S/C27H31Cl3N2/c1-19-16-21(28)8-10-24(19)27-18-23(31(2)14-12-20-6-4-3-5-7-20)13-15-32(27)26-11-9-22(29)17-25(26)30/h3-11,16-17,19,23-24,27H,12-15,18H2,1-2H3. The number of rotatable bonds is 6. The SMILES string of the molecule is CC1C=C(Cl)C=CC1C1CC(N(C)CCc2ccccc2)CCN1c1ccc(Cl)cc1Cl. The number of nitrogens with zero attached hydrogens (tertiary/aromatic N) is 2. The molecular formula is C27H31Cl3N2. The summed E-state index contributed by atoms with van der Waals surface area (Å²) in [6, 6.07) is 17.5. The van der Waals surface area contributed by atoms with E-state index >= 15 is 0 Å². The van der Waals surface area contributed by atoms with Gasteiger partial charge in [0.2, 0.25) is 0 Å². The summed E-state index contributed by atoms with van der Waals surface area (Å²) in [5.41, 5.74) is 2.47. The number of hydrogen-bond acceptors (Lipinski definition) is 2. The molecule has 4 atom stereocenters. The van der Waals surface area contributed by atoms with Gasteiger partial charge in [0, 0.05) is 41.1 Å². The molecule has 5 heteroatoms. The van der Waals surface area contributed by atoms with E-state index in [1.165, 1.54) is 5.56 Å². The third-order valence-corrected chi connectivity index (χ3v) is 7.80. The second-order valence-corrected chi connectivity index (χ2v) is 10.4. The molecule has 2 aromatic rings. The van der Waals surface area contributed by atoms with E-state index in [4.69, 9.17) is 34.8 Å². The summed E-state index contributed by atoms with van der Waals surface area (Å²) in [6.07, 6.45) is 9.80. The molecule has 32 heavy (non-hydrogen) atoms. The lowest BCUT2D eigenvalue weighted by Gasteiger charge is -2.48. The first-order chi connectivity index (χ1) is 15.4.